The third-order valence-corrected chi connectivity index (χ3v) is 1.09. The van der Waals surface area contributed by atoms with E-state index < -0.39 is 0 Å². The molecule has 0 bridgehead atoms. The lowest BCUT2D eigenvalue weighted by Gasteiger charge is -1.88. The van der Waals surface area contributed by atoms with Gasteiger partial charge in [-0.1, -0.05) is 24.7 Å². The Kier molecular flexibility index (Phi) is 14.3. The minimum atomic E-state index is 0.773. The lowest BCUT2D eigenvalue weighted by molar-refractivity contribution is 0.988. The van der Waals surface area contributed by atoms with Crippen LogP contribution in [0.1, 0.15) is 6.92 Å². The molecule has 0 unspecified atom stereocenters. The summed E-state index contributed by atoms with van der Waals surface area (Å²) in [5.41, 5.74) is 5.75. The van der Waals surface area contributed by atoms with Gasteiger partial charge in [0.1, 0.15) is 0 Å². The molecule has 0 aliphatic heterocycles. The number of allylic oxidation sites excluding steroid dienone is 3. The third kappa shape index (κ3) is 16.6. The Balaban J connectivity index is 0. The molecule has 3 N–H and O–H groups in total. The van der Waals surface area contributed by atoms with E-state index in [1.165, 1.54) is 6.20 Å². The number of hydrogen-bond acceptors (Lipinski definition) is 2. The highest BCUT2D eigenvalue weighted by Crippen LogP contribution is 1.79. The maximum Gasteiger partial charge on any atom is 0.0322 e. The fourth-order valence-electron chi connectivity index (χ4n) is 0.336. The van der Waals surface area contributed by atoms with E-state index in [0.717, 1.165) is 12.1 Å². The highest BCUT2D eigenvalue weighted by atomic mass is 14.8. The summed E-state index contributed by atoms with van der Waals surface area (Å²) in [6.45, 7) is 9.63. The number of nitrogens with one attached hydrogen (secondary N) is 1. The van der Waals surface area contributed by atoms with Crippen molar-refractivity contribution >= 4 is 0 Å². The zero-order chi connectivity index (χ0) is 11.2. The Labute approximate surface area is 86.9 Å². The molecule has 0 rings (SSSR count). The zero-order valence-electron chi connectivity index (χ0n) is 8.66. The molecule has 0 amide bonds. The summed E-state index contributed by atoms with van der Waals surface area (Å²) in [7, 11) is 0. The molecule has 0 saturated carbocycles. The van der Waals surface area contributed by atoms with Gasteiger partial charge in [-0.15, -0.1) is 13.0 Å². The topological polar surface area (TPSA) is 38.0 Å². The maximum absolute atomic E-state index is 4.98. The molecule has 0 radical (unpaired) electrons. The molecular weight excluding hydrogens is 172 g/mol. The quantitative estimate of drug-likeness (QED) is 0.308. The molecule has 0 aromatic heterocycles. The van der Waals surface area contributed by atoms with Gasteiger partial charge < -0.3 is 11.1 Å². The molecular formula is C12H18N2. The molecule has 2 nitrogen and oxygen atoms in total. The molecule has 0 aliphatic carbocycles. The smallest absolute Gasteiger partial charge is 0.0322 e. The summed E-state index contributed by atoms with van der Waals surface area (Å²) in [5.74, 6) is 2.35. The predicted octanol–water partition coefficient (Wildman–Crippen LogP) is 1.94. The van der Waals surface area contributed by atoms with Crippen LogP contribution in [0.15, 0.2) is 49.4 Å². The van der Waals surface area contributed by atoms with Gasteiger partial charge in [0.2, 0.25) is 0 Å². The minimum absolute atomic E-state index is 0.773. The third-order valence-electron chi connectivity index (χ3n) is 1.09. The molecule has 2 heteroatoms. The molecule has 0 spiro atoms. The largest absolute Gasteiger partial charge is 0.404 e. The van der Waals surface area contributed by atoms with E-state index in [4.69, 9.17) is 12.2 Å². The molecule has 0 heterocycles. The minimum Gasteiger partial charge on any atom is -0.404 e. The Hall–Kier alpha value is -1.88. The Morgan fingerprint density at radius 2 is 2.21 bits per heavy atom. The van der Waals surface area contributed by atoms with Crippen molar-refractivity contribution in [1.82, 2.24) is 5.32 Å². The van der Waals surface area contributed by atoms with E-state index in [1.807, 2.05) is 12.3 Å². The van der Waals surface area contributed by atoms with E-state index >= 15 is 0 Å². The van der Waals surface area contributed by atoms with E-state index in [9.17, 15) is 0 Å². The van der Waals surface area contributed by atoms with E-state index in [-0.39, 0.29) is 0 Å². The van der Waals surface area contributed by atoms with Gasteiger partial charge in [0.25, 0.3) is 0 Å². The van der Waals surface area contributed by atoms with E-state index in [1.54, 1.807) is 19.1 Å². The summed E-state index contributed by atoms with van der Waals surface area (Å²) < 4.78 is 0. The van der Waals surface area contributed by atoms with Crippen molar-refractivity contribution in [1.29, 1.82) is 0 Å². The summed E-state index contributed by atoms with van der Waals surface area (Å²) in [4.78, 5) is 0. The van der Waals surface area contributed by atoms with E-state index in [2.05, 4.69) is 24.4 Å². The Morgan fingerprint density at radius 3 is 2.50 bits per heavy atom. The molecule has 0 saturated heterocycles. The van der Waals surface area contributed by atoms with Crippen LogP contribution in [0.3, 0.4) is 0 Å². The number of terminal acetylenes is 1. The second kappa shape index (κ2) is 13.7. The van der Waals surface area contributed by atoms with Crippen LogP contribution in [0.5, 0.6) is 0 Å². The van der Waals surface area contributed by atoms with Crippen molar-refractivity contribution in [3.05, 3.63) is 49.4 Å². The first-order valence-corrected chi connectivity index (χ1v) is 4.19. The van der Waals surface area contributed by atoms with Crippen molar-refractivity contribution in [2.24, 2.45) is 5.73 Å². The van der Waals surface area contributed by atoms with Crippen LogP contribution in [0.2, 0.25) is 0 Å². The first-order valence-electron chi connectivity index (χ1n) is 4.19. The lowest BCUT2D eigenvalue weighted by Crippen LogP contribution is -2.02. The van der Waals surface area contributed by atoms with Gasteiger partial charge in [-0.2, -0.15) is 0 Å². The highest BCUT2D eigenvalue weighted by Gasteiger charge is 1.67. The average molecular weight is 190 g/mol. The molecule has 76 valence electrons. The Bertz CT molecular complexity index is 242. The molecule has 0 aromatic rings. The molecule has 0 aromatic carbocycles. The van der Waals surface area contributed by atoms with Crippen molar-refractivity contribution in [3.63, 3.8) is 0 Å². The first-order chi connectivity index (χ1) is 6.72. The number of rotatable bonds is 4. The second-order valence-electron chi connectivity index (χ2n) is 2.29. The second-order valence-corrected chi connectivity index (χ2v) is 2.29. The van der Waals surface area contributed by atoms with Gasteiger partial charge in [0.05, 0.1) is 0 Å². The first kappa shape index (κ1) is 14.6. The van der Waals surface area contributed by atoms with Crippen LogP contribution in [0.4, 0.5) is 0 Å². The van der Waals surface area contributed by atoms with Gasteiger partial charge in [-0.3, -0.25) is 0 Å². The molecule has 0 atom stereocenters. The van der Waals surface area contributed by atoms with Crippen molar-refractivity contribution in [2.45, 2.75) is 6.92 Å². The van der Waals surface area contributed by atoms with Crippen LogP contribution in [-0.2, 0) is 0 Å². The number of nitrogens with two attached hydrogens (primary N) is 1. The van der Waals surface area contributed by atoms with Crippen LogP contribution in [0.25, 0.3) is 0 Å². The van der Waals surface area contributed by atoms with Gasteiger partial charge in [-0.25, -0.2) is 0 Å². The van der Waals surface area contributed by atoms with Gasteiger partial charge in [0.15, 0.2) is 0 Å². The van der Waals surface area contributed by atoms with Crippen LogP contribution in [0, 0.1) is 12.3 Å². The van der Waals surface area contributed by atoms with E-state index in [0.29, 0.717) is 0 Å². The fraction of sp³-hybridized carbons (Fsp3) is 0.167. The molecule has 14 heavy (non-hydrogen) atoms. The molecule has 0 fully saturated rings. The summed E-state index contributed by atoms with van der Waals surface area (Å²) >= 11 is 0. The highest BCUT2D eigenvalue weighted by molar-refractivity contribution is 5.20. The van der Waals surface area contributed by atoms with Gasteiger partial charge in [-0.05, 0) is 19.2 Å². The summed E-state index contributed by atoms with van der Waals surface area (Å²) in [5, 5.41) is 2.97. The predicted molar refractivity (Wildman–Crippen MR) is 64.3 cm³/mol. The monoisotopic (exact) mass is 190 g/mol. The zero-order valence-corrected chi connectivity index (χ0v) is 8.66. The summed E-state index contributed by atoms with van der Waals surface area (Å²) in [6.07, 6.45) is 13.5. The van der Waals surface area contributed by atoms with Crippen LogP contribution in [-0.4, -0.2) is 6.54 Å². The standard InChI is InChI=1S/C7H11N.C5H7N/c1-3-5-7-8-6-4-2;1-3-5(2)4-6/h3-5,7-8H,1-2,6H2;1,4H,6H2,2H3/b7-5-;5-4-. The maximum atomic E-state index is 4.98. The average Bonchev–Trinajstić information content (AvgIpc) is 2.24. The van der Waals surface area contributed by atoms with Gasteiger partial charge in [0, 0.05) is 18.3 Å². The van der Waals surface area contributed by atoms with Crippen molar-refractivity contribution in [3.8, 4) is 12.3 Å². The fourth-order valence-corrected chi connectivity index (χ4v) is 0.336. The SMILES string of the molecule is C#C/C(C)=C\N.C=C/C=C\NCC=C. The summed E-state index contributed by atoms with van der Waals surface area (Å²) in [6, 6.07) is 0. The molecule has 0 aliphatic rings. The van der Waals surface area contributed by atoms with Crippen LogP contribution < -0.4 is 11.1 Å². The Morgan fingerprint density at radius 1 is 1.57 bits per heavy atom. The van der Waals surface area contributed by atoms with Gasteiger partial charge >= 0.3 is 0 Å². The normalized spacial score (nSPS) is 9.57. The van der Waals surface area contributed by atoms with Crippen molar-refractivity contribution in [2.75, 3.05) is 6.54 Å². The lowest BCUT2D eigenvalue weighted by atomic mass is 10.4. The van der Waals surface area contributed by atoms with Crippen LogP contribution >= 0.6 is 0 Å². The van der Waals surface area contributed by atoms with Crippen molar-refractivity contribution < 1.29 is 0 Å². The number of hydrogen-bond donors (Lipinski definition) is 2.